The van der Waals surface area contributed by atoms with Crippen LogP contribution in [-0.4, -0.2) is 9.78 Å². The number of rotatable bonds is 5. The van der Waals surface area contributed by atoms with E-state index in [0.717, 1.165) is 24.3 Å². The van der Waals surface area contributed by atoms with E-state index in [0.29, 0.717) is 11.1 Å². The Bertz CT molecular complexity index is 570. The van der Waals surface area contributed by atoms with Crippen molar-refractivity contribution in [2.24, 2.45) is 7.05 Å². The zero-order valence-corrected chi connectivity index (χ0v) is 13.3. The summed E-state index contributed by atoms with van der Waals surface area (Å²) in [5, 5.41) is 8.45. The van der Waals surface area contributed by atoms with Crippen LogP contribution in [0.1, 0.15) is 42.1 Å². The molecule has 0 amide bonds. The molecule has 2 rings (SSSR count). The zero-order chi connectivity index (χ0) is 14.7. The first-order valence-corrected chi connectivity index (χ1v) is 7.34. The maximum Gasteiger partial charge on any atom is 0.131 e. The van der Waals surface area contributed by atoms with E-state index in [2.05, 4.69) is 48.5 Å². The van der Waals surface area contributed by atoms with Crippen LogP contribution in [0.15, 0.2) is 24.3 Å². The van der Waals surface area contributed by atoms with E-state index < -0.39 is 0 Å². The normalized spacial score (nSPS) is 11.3. The highest BCUT2D eigenvalue weighted by atomic mass is 35.5. The molecule has 2 aromatic rings. The van der Waals surface area contributed by atoms with Crippen LogP contribution < -0.4 is 5.32 Å². The van der Waals surface area contributed by atoms with Gasteiger partial charge in [-0.05, 0) is 24.0 Å². The second kappa shape index (κ2) is 6.42. The minimum atomic E-state index is 0.578. The Labute approximate surface area is 126 Å². The van der Waals surface area contributed by atoms with Crippen LogP contribution in [-0.2, 0) is 20.1 Å². The molecule has 0 spiro atoms. The molecule has 0 unspecified atom stereocenters. The summed E-state index contributed by atoms with van der Waals surface area (Å²) in [6.45, 7) is 7.98. The van der Waals surface area contributed by atoms with Gasteiger partial charge in [-0.25, -0.2) is 0 Å². The van der Waals surface area contributed by atoms with Gasteiger partial charge in [-0.1, -0.05) is 49.7 Å². The summed E-state index contributed by atoms with van der Waals surface area (Å²) in [5.74, 6) is 0.578. The monoisotopic (exact) mass is 291 g/mol. The standard InChI is InChI=1S/C16H22ClN3/c1-11(2)14-7-5-13(6-8-14)9-18-10-15-12(3)19-20(4)16(15)17/h5-8,11,18H,9-10H2,1-4H3. The smallest absolute Gasteiger partial charge is 0.131 e. The summed E-state index contributed by atoms with van der Waals surface area (Å²) in [5.41, 5.74) is 4.72. The van der Waals surface area contributed by atoms with E-state index in [-0.39, 0.29) is 0 Å². The van der Waals surface area contributed by atoms with E-state index in [1.807, 2.05) is 14.0 Å². The average Bonchev–Trinajstić information content (AvgIpc) is 2.65. The summed E-state index contributed by atoms with van der Waals surface area (Å²) in [6, 6.07) is 8.76. The van der Waals surface area contributed by atoms with Gasteiger partial charge in [0.1, 0.15) is 5.15 Å². The summed E-state index contributed by atoms with van der Waals surface area (Å²) in [6.07, 6.45) is 0. The number of aromatic nitrogens is 2. The van der Waals surface area contributed by atoms with Crippen molar-refractivity contribution in [3.63, 3.8) is 0 Å². The van der Waals surface area contributed by atoms with E-state index in [1.165, 1.54) is 11.1 Å². The van der Waals surface area contributed by atoms with Gasteiger partial charge >= 0.3 is 0 Å². The molecule has 0 bridgehead atoms. The van der Waals surface area contributed by atoms with E-state index >= 15 is 0 Å². The minimum Gasteiger partial charge on any atom is -0.308 e. The molecule has 108 valence electrons. The Morgan fingerprint density at radius 1 is 1.20 bits per heavy atom. The number of hydrogen-bond donors (Lipinski definition) is 1. The van der Waals surface area contributed by atoms with Gasteiger partial charge < -0.3 is 5.32 Å². The highest BCUT2D eigenvalue weighted by Crippen LogP contribution is 2.18. The minimum absolute atomic E-state index is 0.578. The molecule has 0 atom stereocenters. The molecule has 1 N–H and O–H groups in total. The summed E-state index contributed by atoms with van der Waals surface area (Å²) >= 11 is 6.21. The maximum atomic E-state index is 6.21. The van der Waals surface area contributed by atoms with Crippen LogP contribution in [0.5, 0.6) is 0 Å². The highest BCUT2D eigenvalue weighted by molar-refractivity contribution is 6.30. The average molecular weight is 292 g/mol. The number of nitrogens with zero attached hydrogens (tertiary/aromatic N) is 2. The van der Waals surface area contributed by atoms with Crippen molar-refractivity contribution >= 4 is 11.6 Å². The molecule has 20 heavy (non-hydrogen) atoms. The highest BCUT2D eigenvalue weighted by Gasteiger charge is 2.10. The van der Waals surface area contributed by atoms with E-state index in [1.54, 1.807) is 4.68 Å². The first kappa shape index (κ1) is 15.1. The third-order valence-electron chi connectivity index (χ3n) is 3.55. The van der Waals surface area contributed by atoms with Gasteiger partial charge in [0.15, 0.2) is 0 Å². The van der Waals surface area contributed by atoms with E-state index in [9.17, 15) is 0 Å². The summed E-state index contributed by atoms with van der Waals surface area (Å²) < 4.78 is 1.71. The molecule has 0 aliphatic carbocycles. The number of halogens is 1. The van der Waals surface area contributed by atoms with Crippen molar-refractivity contribution in [3.8, 4) is 0 Å². The van der Waals surface area contributed by atoms with Crippen LogP contribution in [0.3, 0.4) is 0 Å². The number of benzene rings is 1. The lowest BCUT2D eigenvalue weighted by atomic mass is 10.0. The molecule has 0 aliphatic rings. The molecular weight excluding hydrogens is 270 g/mol. The molecule has 4 heteroatoms. The molecule has 3 nitrogen and oxygen atoms in total. The fourth-order valence-electron chi connectivity index (χ4n) is 2.23. The molecule has 0 saturated carbocycles. The second-order valence-electron chi connectivity index (χ2n) is 5.48. The molecule has 0 fully saturated rings. The molecular formula is C16H22ClN3. The Kier molecular flexibility index (Phi) is 4.84. The van der Waals surface area contributed by atoms with Crippen LogP contribution >= 0.6 is 11.6 Å². The van der Waals surface area contributed by atoms with Crippen molar-refractivity contribution in [2.75, 3.05) is 0 Å². The van der Waals surface area contributed by atoms with E-state index in [4.69, 9.17) is 11.6 Å². The first-order valence-electron chi connectivity index (χ1n) is 6.96. The van der Waals surface area contributed by atoms with Gasteiger partial charge in [0.05, 0.1) is 5.69 Å². The van der Waals surface area contributed by atoms with Gasteiger partial charge in [0.25, 0.3) is 0 Å². The lowest BCUT2D eigenvalue weighted by Gasteiger charge is -2.08. The van der Waals surface area contributed by atoms with Crippen molar-refractivity contribution < 1.29 is 0 Å². The Balaban J connectivity index is 1.92. The fourth-order valence-corrected chi connectivity index (χ4v) is 2.47. The fraction of sp³-hybridized carbons (Fsp3) is 0.438. The van der Waals surface area contributed by atoms with Gasteiger partial charge in [0.2, 0.25) is 0 Å². The first-order chi connectivity index (χ1) is 9.49. The van der Waals surface area contributed by atoms with Gasteiger partial charge in [0, 0.05) is 25.7 Å². The van der Waals surface area contributed by atoms with Crippen molar-refractivity contribution in [3.05, 3.63) is 51.8 Å². The number of aryl methyl sites for hydroxylation is 2. The van der Waals surface area contributed by atoms with Crippen LogP contribution in [0.4, 0.5) is 0 Å². The predicted octanol–water partition coefficient (Wildman–Crippen LogP) is 3.80. The third kappa shape index (κ3) is 3.41. The summed E-state index contributed by atoms with van der Waals surface area (Å²) in [4.78, 5) is 0. The van der Waals surface area contributed by atoms with Crippen molar-refractivity contribution in [2.45, 2.75) is 39.8 Å². The summed E-state index contributed by atoms with van der Waals surface area (Å²) in [7, 11) is 1.86. The lowest BCUT2D eigenvalue weighted by molar-refractivity contribution is 0.689. The third-order valence-corrected chi connectivity index (χ3v) is 4.02. The Morgan fingerprint density at radius 3 is 2.35 bits per heavy atom. The Hall–Kier alpha value is -1.32. The van der Waals surface area contributed by atoms with Crippen molar-refractivity contribution in [1.82, 2.24) is 15.1 Å². The molecule has 1 heterocycles. The zero-order valence-electron chi connectivity index (χ0n) is 12.6. The molecule has 0 radical (unpaired) electrons. The Morgan fingerprint density at radius 2 is 1.85 bits per heavy atom. The molecule has 0 saturated heterocycles. The van der Waals surface area contributed by atoms with Crippen LogP contribution in [0.25, 0.3) is 0 Å². The van der Waals surface area contributed by atoms with Gasteiger partial charge in [-0.3, -0.25) is 4.68 Å². The molecule has 1 aromatic carbocycles. The molecule has 1 aromatic heterocycles. The topological polar surface area (TPSA) is 29.9 Å². The van der Waals surface area contributed by atoms with Crippen molar-refractivity contribution in [1.29, 1.82) is 0 Å². The number of nitrogens with one attached hydrogen (secondary N) is 1. The molecule has 0 aliphatic heterocycles. The SMILES string of the molecule is Cc1nn(C)c(Cl)c1CNCc1ccc(C(C)C)cc1. The van der Waals surface area contributed by atoms with Gasteiger partial charge in [-0.2, -0.15) is 5.10 Å². The lowest BCUT2D eigenvalue weighted by Crippen LogP contribution is -2.13. The second-order valence-corrected chi connectivity index (χ2v) is 5.84. The van der Waals surface area contributed by atoms with Crippen LogP contribution in [0.2, 0.25) is 5.15 Å². The quantitative estimate of drug-likeness (QED) is 0.908. The maximum absolute atomic E-state index is 6.21. The van der Waals surface area contributed by atoms with Crippen LogP contribution in [0, 0.1) is 6.92 Å². The van der Waals surface area contributed by atoms with Gasteiger partial charge in [-0.15, -0.1) is 0 Å². The predicted molar refractivity (Wildman–Crippen MR) is 84.0 cm³/mol. The largest absolute Gasteiger partial charge is 0.308 e. The number of hydrogen-bond acceptors (Lipinski definition) is 2.